The molecule has 0 bridgehead atoms. The van der Waals surface area contributed by atoms with Crippen LogP contribution in [0, 0.1) is 5.92 Å². The van der Waals surface area contributed by atoms with E-state index in [-0.39, 0.29) is 11.8 Å². The van der Waals surface area contributed by atoms with Gasteiger partial charge >= 0.3 is 0 Å². The van der Waals surface area contributed by atoms with E-state index >= 15 is 0 Å². The van der Waals surface area contributed by atoms with Crippen LogP contribution in [0.25, 0.3) is 0 Å². The number of nitrogens with one attached hydrogen (secondary N) is 1. The number of thiophene rings is 1. The first kappa shape index (κ1) is 15.5. The first-order valence-corrected chi connectivity index (χ1v) is 8.64. The number of carbonyl (C=O) groups excluding carboxylic acids is 2. The van der Waals surface area contributed by atoms with E-state index in [1.165, 1.54) is 18.3 Å². The monoisotopic (exact) mass is 322 g/mol. The maximum absolute atomic E-state index is 12.5. The molecule has 0 radical (unpaired) electrons. The van der Waals surface area contributed by atoms with Crippen molar-refractivity contribution in [1.82, 2.24) is 10.2 Å². The van der Waals surface area contributed by atoms with Gasteiger partial charge in [-0.15, -0.1) is 11.3 Å². The van der Waals surface area contributed by atoms with E-state index < -0.39 is 5.60 Å². The predicted octanol–water partition coefficient (Wildman–Crippen LogP) is 1.76. The second kappa shape index (κ2) is 6.01. The molecule has 0 atom stereocenters. The van der Waals surface area contributed by atoms with Crippen molar-refractivity contribution in [3.05, 3.63) is 21.9 Å². The van der Waals surface area contributed by atoms with E-state index in [0.717, 1.165) is 48.5 Å². The predicted molar refractivity (Wildman–Crippen MR) is 84.7 cm³/mol. The van der Waals surface area contributed by atoms with Crippen molar-refractivity contribution < 1.29 is 14.7 Å². The van der Waals surface area contributed by atoms with Crippen molar-refractivity contribution >= 4 is 23.2 Å². The van der Waals surface area contributed by atoms with Gasteiger partial charge < -0.3 is 15.3 Å². The summed E-state index contributed by atoms with van der Waals surface area (Å²) in [6.45, 7) is 3.41. The molecule has 2 aliphatic rings. The summed E-state index contributed by atoms with van der Waals surface area (Å²) < 4.78 is 0. The number of likely N-dealkylation sites (tertiary alicyclic amines) is 1. The van der Waals surface area contributed by atoms with Crippen LogP contribution in [0.5, 0.6) is 0 Å². The van der Waals surface area contributed by atoms with E-state index in [1.807, 2.05) is 17.0 Å². The zero-order valence-electron chi connectivity index (χ0n) is 12.8. The van der Waals surface area contributed by atoms with Gasteiger partial charge in [0.15, 0.2) is 0 Å². The summed E-state index contributed by atoms with van der Waals surface area (Å²) in [6.07, 6.45) is 3.63. The molecule has 2 heterocycles. The molecule has 0 unspecified atom stereocenters. The van der Waals surface area contributed by atoms with Crippen LogP contribution in [0.15, 0.2) is 12.1 Å². The lowest BCUT2D eigenvalue weighted by Crippen LogP contribution is -2.41. The summed E-state index contributed by atoms with van der Waals surface area (Å²) in [7, 11) is 0. The van der Waals surface area contributed by atoms with Crippen LogP contribution in [0.1, 0.15) is 47.2 Å². The van der Waals surface area contributed by atoms with Crippen molar-refractivity contribution in [1.29, 1.82) is 0 Å². The summed E-state index contributed by atoms with van der Waals surface area (Å²) in [5.41, 5.74) is -0.427. The lowest BCUT2D eigenvalue weighted by atomic mass is 9.89. The molecule has 2 N–H and O–H groups in total. The zero-order valence-corrected chi connectivity index (χ0v) is 13.6. The zero-order chi connectivity index (χ0) is 15.7. The van der Waals surface area contributed by atoms with Crippen molar-refractivity contribution in [2.24, 2.45) is 5.92 Å². The number of amides is 2. The highest BCUT2D eigenvalue weighted by Gasteiger charge is 2.48. The Morgan fingerprint density at radius 3 is 2.64 bits per heavy atom. The highest BCUT2D eigenvalue weighted by atomic mass is 32.1. The Kier molecular flexibility index (Phi) is 4.23. The smallest absolute Gasteiger partial charge is 0.263 e. The average Bonchev–Trinajstić information content (AvgIpc) is 3.09. The van der Waals surface area contributed by atoms with Crippen molar-refractivity contribution in [2.45, 2.75) is 44.8 Å². The van der Waals surface area contributed by atoms with Gasteiger partial charge in [-0.3, -0.25) is 9.59 Å². The minimum Gasteiger partial charge on any atom is -0.390 e. The standard InChI is InChI=1S/C16H22N2O3S/c1-11(19)17-10-13-2-3-14(22-13)15(20)18-8-4-12(5-9-18)16(21)6-7-16/h2-3,12,21H,4-10H2,1H3,(H,17,19). The van der Waals surface area contributed by atoms with Crippen LogP contribution in [-0.2, 0) is 11.3 Å². The van der Waals surface area contributed by atoms with Crippen LogP contribution in [0.4, 0.5) is 0 Å². The molecule has 6 heteroatoms. The minimum absolute atomic E-state index is 0.0682. The Bertz CT molecular complexity index is 572. The van der Waals surface area contributed by atoms with Gasteiger partial charge in [-0.1, -0.05) is 0 Å². The van der Waals surface area contributed by atoms with E-state index in [2.05, 4.69) is 5.32 Å². The SMILES string of the molecule is CC(=O)NCc1ccc(C(=O)N2CCC(C3(O)CC3)CC2)s1. The van der Waals surface area contributed by atoms with Crippen molar-refractivity contribution in [3.63, 3.8) is 0 Å². The van der Waals surface area contributed by atoms with Gasteiger partial charge in [0.1, 0.15) is 0 Å². The molecule has 3 rings (SSSR count). The first-order valence-electron chi connectivity index (χ1n) is 7.83. The summed E-state index contributed by atoms with van der Waals surface area (Å²) >= 11 is 1.44. The third-order valence-electron chi connectivity index (χ3n) is 4.69. The number of nitrogens with zero attached hydrogens (tertiary/aromatic N) is 1. The normalized spacial score (nSPS) is 20.7. The summed E-state index contributed by atoms with van der Waals surface area (Å²) in [4.78, 5) is 27.0. The Morgan fingerprint density at radius 2 is 2.05 bits per heavy atom. The topological polar surface area (TPSA) is 69.6 Å². The third-order valence-corrected chi connectivity index (χ3v) is 5.76. The van der Waals surface area contributed by atoms with Crippen LogP contribution in [0.2, 0.25) is 0 Å². The molecular formula is C16H22N2O3S. The largest absolute Gasteiger partial charge is 0.390 e. The average molecular weight is 322 g/mol. The third kappa shape index (κ3) is 3.33. The molecule has 1 aromatic heterocycles. The fourth-order valence-electron chi connectivity index (χ4n) is 3.11. The number of hydrogen-bond acceptors (Lipinski definition) is 4. The number of aliphatic hydroxyl groups is 1. The van der Waals surface area contributed by atoms with Gasteiger partial charge in [-0.25, -0.2) is 0 Å². The Morgan fingerprint density at radius 1 is 1.36 bits per heavy atom. The quantitative estimate of drug-likeness (QED) is 0.887. The van der Waals surface area contributed by atoms with Gasteiger partial charge in [0.2, 0.25) is 5.91 Å². The molecular weight excluding hydrogens is 300 g/mol. The number of rotatable bonds is 4. The maximum Gasteiger partial charge on any atom is 0.263 e. The molecule has 0 aromatic carbocycles. The van der Waals surface area contributed by atoms with E-state index in [4.69, 9.17) is 0 Å². The molecule has 5 nitrogen and oxygen atoms in total. The highest BCUT2D eigenvalue weighted by Crippen LogP contribution is 2.46. The Labute approximate surface area is 134 Å². The van der Waals surface area contributed by atoms with E-state index in [9.17, 15) is 14.7 Å². The highest BCUT2D eigenvalue weighted by molar-refractivity contribution is 7.14. The summed E-state index contributed by atoms with van der Waals surface area (Å²) in [6, 6.07) is 3.73. The summed E-state index contributed by atoms with van der Waals surface area (Å²) in [5.74, 6) is 0.358. The molecule has 2 fully saturated rings. The van der Waals surface area contributed by atoms with Crippen molar-refractivity contribution in [2.75, 3.05) is 13.1 Å². The second-order valence-electron chi connectivity index (χ2n) is 6.35. The molecule has 1 saturated carbocycles. The molecule has 1 aromatic rings. The molecule has 1 aliphatic carbocycles. The van der Waals surface area contributed by atoms with Gasteiger partial charge in [-0.05, 0) is 43.7 Å². The molecule has 2 amide bonds. The number of piperidine rings is 1. The lowest BCUT2D eigenvalue weighted by molar-refractivity contribution is -0.119. The van der Waals surface area contributed by atoms with Crippen LogP contribution in [0.3, 0.4) is 0 Å². The molecule has 1 aliphatic heterocycles. The molecule has 22 heavy (non-hydrogen) atoms. The molecule has 120 valence electrons. The lowest BCUT2D eigenvalue weighted by Gasteiger charge is -2.34. The second-order valence-corrected chi connectivity index (χ2v) is 7.51. The number of carbonyl (C=O) groups is 2. The Balaban J connectivity index is 1.54. The minimum atomic E-state index is -0.427. The molecule has 0 spiro atoms. The fourth-order valence-corrected chi connectivity index (χ4v) is 4.03. The van der Waals surface area contributed by atoms with Crippen LogP contribution in [-0.4, -0.2) is 40.5 Å². The first-order chi connectivity index (χ1) is 10.5. The van der Waals surface area contributed by atoms with Gasteiger partial charge in [0.25, 0.3) is 5.91 Å². The van der Waals surface area contributed by atoms with Gasteiger partial charge in [-0.2, -0.15) is 0 Å². The van der Waals surface area contributed by atoms with Crippen LogP contribution < -0.4 is 5.32 Å². The summed E-state index contributed by atoms with van der Waals surface area (Å²) in [5, 5.41) is 12.9. The number of hydrogen-bond donors (Lipinski definition) is 2. The van der Waals surface area contributed by atoms with E-state index in [1.54, 1.807) is 0 Å². The Hall–Kier alpha value is -1.40. The van der Waals surface area contributed by atoms with Gasteiger partial charge in [0.05, 0.1) is 17.0 Å². The fraction of sp³-hybridized carbons (Fsp3) is 0.625. The maximum atomic E-state index is 12.5. The van der Waals surface area contributed by atoms with Gasteiger partial charge in [0, 0.05) is 24.9 Å². The van der Waals surface area contributed by atoms with E-state index in [0.29, 0.717) is 12.5 Å². The molecule has 1 saturated heterocycles. The van der Waals surface area contributed by atoms with Crippen LogP contribution >= 0.6 is 11.3 Å². The van der Waals surface area contributed by atoms with Crippen molar-refractivity contribution in [3.8, 4) is 0 Å².